The molecule has 0 unspecified atom stereocenters. The van der Waals surface area contributed by atoms with E-state index < -0.39 is 17.9 Å². The largest absolute Gasteiger partial charge is 0.478 e. The van der Waals surface area contributed by atoms with Gasteiger partial charge in [-0.2, -0.15) is 0 Å². The number of benzene rings is 6. The summed E-state index contributed by atoms with van der Waals surface area (Å²) in [5, 5.41) is 28.6. The summed E-state index contributed by atoms with van der Waals surface area (Å²) in [4.78, 5) is 52.7. The van der Waals surface area contributed by atoms with Gasteiger partial charge in [0.05, 0.1) is 69.4 Å². The maximum Gasteiger partial charge on any atom is 0.335 e. The molecule has 0 aliphatic heterocycles. The minimum absolute atomic E-state index is 0.215. The molecule has 3 aromatic heterocycles. The molecular weight excluding hydrogens is 771 g/mol. The fourth-order valence-corrected chi connectivity index (χ4v) is 7.84. The first-order chi connectivity index (χ1) is 29.7. The summed E-state index contributed by atoms with van der Waals surface area (Å²) in [6, 6.07) is 44.5. The summed E-state index contributed by atoms with van der Waals surface area (Å²) in [7, 11) is 0. The van der Waals surface area contributed by atoms with Gasteiger partial charge in [-0.15, -0.1) is 0 Å². The summed E-state index contributed by atoms with van der Waals surface area (Å²) in [5.41, 5.74) is 8.71. The van der Waals surface area contributed by atoms with Crippen LogP contribution in [0.2, 0.25) is 0 Å². The van der Waals surface area contributed by atoms with Crippen molar-refractivity contribution in [2.45, 2.75) is 39.3 Å². The predicted molar refractivity (Wildman–Crippen MR) is 230 cm³/mol. The lowest BCUT2D eigenvalue weighted by Crippen LogP contribution is -2.28. The van der Waals surface area contributed by atoms with Crippen LogP contribution in [0, 0.1) is 0 Å². The van der Waals surface area contributed by atoms with Crippen molar-refractivity contribution in [1.82, 2.24) is 33.6 Å². The number of imidazole rings is 3. The van der Waals surface area contributed by atoms with Gasteiger partial charge in [0.2, 0.25) is 0 Å². The topological polar surface area (TPSA) is 169 Å². The third-order valence-corrected chi connectivity index (χ3v) is 10.9. The third kappa shape index (κ3) is 8.10. The molecule has 13 heteroatoms. The molecule has 0 spiro atoms. The number of nitrogens with zero attached hydrogens (tertiary/aromatic N) is 7. The van der Waals surface area contributed by atoms with E-state index in [1.165, 1.54) is 0 Å². The number of para-hydroxylation sites is 6. The van der Waals surface area contributed by atoms with Crippen LogP contribution in [0.3, 0.4) is 0 Å². The van der Waals surface area contributed by atoms with Crippen LogP contribution in [0.4, 0.5) is 0 Å². The molecule has 0 saturated heterocycles. The van der Waals surface area contributed by atoms with E-state index in [9.17, 15) is 29.7 Å². The lowest BCUT2D eigenvalue weighted by atomic mass is 10.1. The predicted octanol–water partition coefficient (Wildman–Crippen LogP) is 8.18. The highest BCUT2D eigenvalue weighted by atomic mass is 16.4. The Hall–Kier alpha value is -7.90. The maximum atomic E-state index is 11.6. The first kappa shape index (κ1) is 38.6. The zero-order chi connectivity index (χ0) is 42.0. The highest BCUT2D eigenvalue weighted by Gasteiger charge is 2.23. The van der Waals surface area contributed by atoms with Crippen LogP contribution in [-0.2, 0) is 39.3 Å². The van der Waals surface area contributed by atoms with Crippen molar-refractivity contribution in [3.63, 3.8) is 0 Å². The Morgan fingerprint density at radius 2 is 0.656 bits per heavy atom. The second kappa shape index (κ2) is 16.4. The Labute approximate surface area is 349 Å². The Bertz CT molecular complexity index is 2740. The van der Waals surface area contributed by atoms with E-state index in [4.69, 9.17) is 15.0 Å². The van der Waals surface area contributed by atoms with E-state index in [1.54, 1.807) is 36.4 Å². The van der Waals surface area contributed by atoms with Gasteiger partial charge in [-0.05, 0) is 89.5 Å². The molecule has 6 aromatic carbocycles. The number of fused-ring (bicyclic) bond motifs is 3. The number of hydrogen-bond acceptors (Lipinski definition) is 7. The smallest absolute Gasteiger partial charge is 0.335 e. The molecule has 0 atom stereocenters. The molecule has 0 aliphatic carbocycles. The molecular formula is C48H39N7O6. The minimum Gasteiger partial charge on any atom is -0.478 e. The van der Waals surface area contributed by atoms with Gasteiger partial charge in [0.25, 0.3) is 0 Å². The minimum atomic E-state index is -0.984. The van der Waals surface area contributed by atoms with E-state index in [-0.39, 0.29) is 16.7 Å². The highest BCUT2D eigenvalue weighted by Crippen LogP contribution is 2.26. The van der Waals surface area contributed by atoms with Crippen molar-refractivity contribution in [1.29, 1.82) is 0 Å². The van der Waals surface area contributed by atoms with Crippen LogP contribution in [0.5, 0.6) is 0 Å². The molecule has 61 heavy (non-hydrogen) atoms. The third-order valence-electron chi connectivity index (χ3n) is 10.9. The van der Waals surface area contributed by atoms with Crippen molar-refractivity contribution >= 4 is 51.0 Å². The van der Waals surface area contributed by atoms with Crippen molar-refractivity contribution in [2.24, 2.45) is 0 Å². The average Bonchev–Trinajstić information content (AvgIpc) is 3.91. The molecule has 3 N–H and O–H groups in total. The number of carboxylic acids is 3. The highest BCUT2D eigenvalue weighted by molar-refractivity contribution is 5.88. The molecule has 0 fully saturated rings. The quantitative estimate of drug-likeness (QED) is 0.0919. The lowest BCUT2D eigenvalue weighted by Gasteiger charge is -2.23. The number of carbonyl (C=O) groups is 3. The van der Waals surface area contributed by atoms with Crippen LogP contribution >= 0.6 is 0 Å². The molecule has 9 rings (SSSR count). The lowest BCUT2D eigenvalue weighted by molar-refractivity contribution is 0.0686. The first-order valence-electron chi connectivity index (χ1n) is 19.7. The van der Waals surface area contributed by atoms with Gasteiger partial charge in [-0.3, -0.25) is 4.90 Å². The molecule has 9 aromatic rings. The number of hydrogen-bond donors (Lipinski definition) is 3. The van der Waals surface area contributed by atoms with Crippen molar-refractivity contribution in [3.8, 4) is 0 Å². The van der Waals surface area contributed by atoms with Crippen LogP contribution in [-0.4, -0.2) is 66.8 Å². The number of aromatic nitrogens is 6. The van der Waals surface area contributed by atoms with Gasteiger partial charge in [0.15, 0.2) is 0 Å². The van der Waals surface area contributed by atoms with Gasteiger partial charge < -0.3 is 29.0 Å². The maximum absolute atomic E-state index is 11.6. The van der Waals surface area contributed by atoms with Crippen LogP contribution in [0.15, 0.2) is 146 Å². The molecule has 0 aliphatic rings. The first-order valence-corrected chi connectivity index (χ1v) is 19.7. The van der Waals surface area contributed by atoms with E-state index in [0.717, 1.165) is 67.3 Å². The Kier molecular flexibility index (Phi) is 10.4. The number of rotatable bonds is 15. The summed E-state index contributed by atoms with van der Waals surface area (Å²) in [6.45, 7) is 2.52. The Morgan fingerprint density at radius 3 is 0.918 bits per heavy atom. The van der Waals surface area contributed by atoms with Crippen molar-refractivity contribution in [3.05, 3.63) is 196 Å². The SMILES string of the molecule is O=C(O)c1ccc(Cn2c(CN(Cc3nc4ccccc4n3Cc3ccc(C(=O)O)cc3)Cc3nc4ccccc4n3Cc3ccc(C(=O)O)cc3)nc3ccccc32)cc1. The molecule has 13 nitrogen and oxygen atoms in total. The van der Waals surface area contributed by atoms with Gasteiger partial charge >= 0.3 is 17.9 Å². The van der Waals surface area contributed by atoms with E-state index in [0.29, 0.717) is 39.3 Å². The second-order valence-electron chi connectivity index (χ2n) is 15.0. The Balaban J connectivity index is 1.14. The average molecular weight is 810 g/mol. The summed E-state index contributed by atoms with van der Waals surface area (Å²) in [6.07, 6.45) is 0. The number of carboxylic acid groups (broad SMARTS) is 3. The van der Waals surface area contributed by atoms with Gasteiger partial charge in [0.1, 0.15) is 17.5 Å². The van der Waals surface area contributed by atoms with Crippen molar-refractivity contribution in [2.75, 3.05) is 0 Å². The summed E-state index contributed by atoms with van der Waals surface area (Å²) >= 11 is 0. The number of aromatic carboxylic acids is 3. The standard InChI is InChI=1S/C48H39N7O6/c56-46(57)34-19-13-31(14-20-34)25-53-40-10-4-1-7-37(40)49-43(53)28-52(29-44-50-38-8-2-5-11-41(38)54(44)26-32-15-21-35(22-16-32)47(58)59)30-45-51-39-9-3-6-12-42(39)55(45)27-33-17-23-36(24-18-33)48(60)61/h1-24H,25-30H2,(H,56,57)(H,58,59)(H,60,61). The van der Waals surface area contributed by atoms with E-state index in [1.807, 2.05) is 109 Å². The molecule has 3 heterocycles. The molecule has 0 radical (unpaired) electrons. The molecule has 0 bridgehead atoms. The van der Waals surface area contributed by atoms with Crippen LogP contribution < -0.4 is 0 Å². The van der Waals surface area contributed by atoms with Gasteiger partial charge in [-0.1, -0.05) is 72.8 Å². The molecule has 0 amide bonds. The zero-order valence-electron chi connectivity index (χ0n) is 32.8. The van der Waals surface area contributed by atoms with E-state index in [2.05, 4.69) is 18.6 Å². The Morgan fingerprint density at radius 1 is 0.393 bits per heavy atom. The summed E-state index contributed by atoms with van der Waals surface area (Å²) in [5.74, 6) is -0.570. The zero-order valence-corrected chi connectivity index (χ0v) is 32.8. The fraction of sp³-hybridized carbons (Fsp3) is 0.125. The van der Waals surface area contributed by atoms with E-state index >= 15 is 0 Å². The molecule has 302 valence electrons. The summed E-state index contributed by atoms with van der Waals surface area (Å²) < 4.78 is 6.49. The van der Waals surface area contributed by atoms with Crippen molar-refractivity contribution < 1.29 is 29.7 Å². The van der Waals surface area contributed by atoms with Gasteiger partial charge in [0, 0.05) is 19.6 Å². The fourth-order valence-electron chi connectivity index (χ4n) is 7.84. The normalized spacial score (nSPS) is 11.6. The van der Waals surface area contributed by atoms with Crippen LogP contribution in [0.25, 0.3) is 33.1 Å². The van der Waals surface area contributed by atoms with Crippen LogP contribution in [0.1, 0.15) is 65.2 Å². The second-order valence-corrected chi connectivity index (χ2v) is 15.0. The van der Waals surface area contributed by atoms with Gasteiger partial charge in [-0.25, -0.2) is 29.3 Å². The molecule has 0 saturated carbocycles. The monoisotopic (exact) mass is 809 g/mol.